The molecule has 1 saturated heterocycles. The molecule has 3 nitrogen and oxygen atoms in total. The molecule has 0 aliphatic carbocycles. The Kier molecular flexibility index (Phi) is 5.32. The van der Waals surface area contributed by atoms with Crippen molar-refractivity contribution in [1.29, 1.82) is 0 Å². The molecule has 1 aliphatic heterocycles. The van der Waals surface area contributed by atoms with Gasteiger partial charge in [0.25, 0.3) is 0 Å². The molecule has 12 heavy (non-hydrogen) atoms. The molecule has 0 unspecified atom stereocenters. The Morgan fingerprint density at radius 2 is 2.00 bits per heavy atom. The smallest absolute Gasteiger partial charge is 0.146 e. The molecule has 1 rings (SSSR count). The maximum atomic E-state index is 5.36. The van der Waals surface area contributed by atoms with E-state index < -0.39 is 0 Å². The van der Waals surface area contributed by atoms with Gasteiger partial charge in [0, 0.05) is 6.61 Å². The first-order chi connectivity index (χ1) is 5.93. The van der Waals surface area contributed by atoms with Crippen LogP contribution in [0.2, 0.25) is 0 Å². The topological polar surface area (TPSA) is 30.5 Å². The van der Waals surface area contributed by atoms with Crippen LogP contribution in [0.1, 0.15) is 19.8 Å². The van der Waals surface area contributed by atoms with Gasteiger partial charge in [-0.1, -0.05) is 0 Å². The monoisotopic (exact) mass is 173 g/mol. The Morgan fingerprint density at radius 3 is 2.67 bits per heavy atom. The Bertz CT molecular complexity index is 103. The van der Waals surface area contributed by atoms with E-state index in [1.807, 2.05) is 6.92 Å². The lowest BCUT2D eigenvalue weighted by molar-refractivity contribution is -0.0628. The van der Waals surface area contributed by atoms with Gasteiger partial charge in [0.1, 0.15) is 6.79 Å². The summed E-state index contributed by atoms with van der Waals surface area (Å²) < 4.78 is 10.5. The largest absolute Gasteiger partial charge is 0.356 e. The summed E-state index contributed by atoms with van der Waals surface area (Å²) in [5.74, 6) is 0.742. The molecule has 0 saturated carbocycles. The summed E-state index contributed by atoms with van der Waals surface area (Å²) >= 11 is 0. The predicted molar refractivity (Wildman–Crippen MR) is 48.0 cm³/mol. The third-order valence-electron chi connectivity index (χ3n) is 2.18. The summed E-state index contributed by atoms with van der Waals surface area (Å²) in [6.45, 7) is 6.33. The van der Waals surface area contributed by atoms with Gasteiger partial charge < -0.3 is 14.8 Å². The molecule has 1 N–H and O–H groups in total. The van der Waals surface area contributed by atoms with Gasteiger partial charge in [-0.2, -0.15) is 0 Å². The van der Waals surface area contributed by atoms with Gasteiger partial charge in [-0.15, -0.1) is 0 Å². The van der Waals surface area contributed by atoms with E-state index >= 15 is 0 Å². The number of nitrogens with one attached hydrogen (secondary N) is 1. The van der Waals surface area contributed by atoms with Crippen molar-refractivity contribution in [2.75, 3.05) is 33.1 Å². The maximum absolute atomic E-state index is 5.36. The van der Waals surface area contributed by atoms with Crippen molar-refractivity contribution in [3.05, 3.63) is 0 Å². The number of hydrogen-bond acceptors (Lipinski definition) is 3. The van der Waals surface area contributed by atoms with Crippen molar-refractivity contribution in [2.24, 2.45) is 5.92 Å². The molecule has 1 fully saturated rings. The standard InChI is InChI=1S/C9H19NO2/c1-2-11-8-12-7-9-3-5-10-6-4-9/h9-10H,2-8H2,1H3. The van der Waals surface area contributed by atoms with Gasteiger partial charge in [0.05, 0.1) is 6.61 Å². The van der Waals surface area contributed by atoms with E-state index in [1.54, 1.807) is 0 Å². The summed E-state index contributed by atoms with van der Waals surface area (Å²) in [7, 11) is 0. The van der Waals surface area contributed by atoms with Crippen LogP contribution in [0.4, 0.5) is 0 Å². The van der Waals surface area contributed by atoms with Crippen LogP contribution in [0.25, 0.3) is 0 Å². The van der Waals surface area contributed by atoms with Crippen LogP contribution >= 0.6 is 0 Å². The first-order valence-electron chi connectivity index (χ1n) is 4.79. The van der Waals surface area contributed by atoms with Crippen LogP contribution < -0.4 is 5.32 Å². The third kappa shape index (κ3) is 4.04. The van der Waals surface area contributed by atoms with E-state index in [-0.39, 0.29) is 0 Å². The molecule has 0 bridgehead atoms. The van der Waals surface area contributed by atoms with E-state index in [0.717, 1.165) is 32.2 Å². The zero-order valence-corrected chi connectivity index (χ0v) is 7.84. The summed E-state index contributed by atoms with van der Waals surface area (Å²) in [5.41, 5.74) is 0. The van der Waals surface area contributed by atoms with Crippen LogP contribution in [-0.2, 0) is 9.47 Å². The summed E-state index contributed by atoms with van der Waals surface area (Å²) in [4.78, 5) is 0. The van der Waals surface area contributed by atoms with Crippen molar-refractivity contribution in [1.82, 2.24) is 5.32 Å². The van der Waals surface area contributed by atoms with Crippen LogP contribution in [0.15, 0.2) is 0 Å². The fourth-order valence-electron chi connectivity index (χ4n) is 1.41. The minimum atomic E-state index is 0.459. The lowest BCUT2D eigenvalue weighted by Gasteiger charge is -2.22. The minimum absolute atomic E-state index is 0.459. The van der Waals surface area contributed by atoms with Crippen molar-refractivity contribution >= 4 is 0 Å². The normalized spacial score (nSPS) is 19.8. The predicted octanol–water partition coefficient (Wildman–Crippen LogP) is 0.997. The van der Waals surface area contributed by atoms with Crippen LogP contribution in [0.5, 0.6) is 0 Å². The molecule has 0 aromatic carbocycles. The van der Waals surface area contributed by atoms with E-state index in [1.165, 1.54) is 12.8 Å². The number of rotatable bonds is 5. The highest BCUT2D eigenvalue weighted by Gasteiger charge is 2.12. The molecule has 0 aromatic heterocycles. The second kappa shape index (κ2) is 6.40. The maximum Gasteiger partial charge on any atom is 0.146 e. The minimum Gasteiger partial charge on any atom is -0.356 e. The van der Waals surface area contributed by atoms with E-state index in [4.69, 9.17) is 9.47 Å². The molecule has 72 valence electrons. The SMILES string of the molecule is CCOCOCC1CCNCC1. The lowest BCUT2D eigenvalue weighted by Crippen LogP contribution is -2.30. The molecule has 1 aliphatic rings. The fraction of sp³-hybridized carbons (Fsp3) is 1.00. The van der Waals surface area contributed by atoms with Gasteiger partial charge in [0.15, 0.2) is 0 Å². The fourth-order valence-corrected chi connectivity index (χ4v) is 1.41. The Hall–Kier alpha value is -0.120. The average molecular weight is 173 g/mol. The van der Waals surface area contributed by atoms with Crippen LogP contribution in [0, 0.1) is 5.92 Å². The molecular formula is C9H19NO2. The Balaban J connectivity index is 1.91. The molecule has 3 heteroatoms. The van der Waals surface area contributed by atoms with E-state index in [2.05, 4.69) is 5.32 Å². The molecule has 0 atom stereocenters. The zero-order chi connectivity index (χ0) is 8.65. The van der Waals surface area contributed by atoms with E-state index in [9.17, 15) is 0 Å². The Labute approximate surface area is 74.4 Å². The van der Waals surface area contributed by atoms with Crippen LogP contribution in [-0.4, -0.2) is 33.1 Å². The quantitative estimate of drug-likeness (QED) is 0.497. The average Bonchev–Trinajstić information content (AvgIpc) is 2.14. The number of hydrogen-bond donors (Lipinski definition) is 1. The Morgan fingerprint density at radius 1 is 1.25 bits per heavy atom. The van der Waals surface area contributed by atoms with Gasteiger partial charge in [-0.25, -0.2) is 0 Å². The van der Waals surface area contributed by atoms with Gasteiger partial charge in [0.2, 0.25) is 0 Å². The first kappa shape index (κ1) is 9.96. The van der Waals surface area contributed by atoms with Gasteiger partial charge in [-0.05, 0) is 38.8 Å². The highest BCUT2D eigenvalue weighted by atomic mass is 16.7. The molecule has 0 amide bonds. The third-order valence-corrected chi connectivity index (χ3v) is 2.18. The molecule has 0 aromatic rings. The van der Waals surface area contributed by atoms with Crippen molar-refractivity contribution in [3.8, 4) is 0 Å². The molecular weight excluding hydrogens is 154 g/mol. The number of piperidine rings is 1. The van der Waals surface area contributed by atoms with Crippen LogP contribution in [0.3, 0.4) is 0 Å². The lowest BCUT2D eigenvalue weighted by atomic mass is 9.99. The first-order valence-corrected chi connectivity index (χ1v) is 4.79. The van der Waals surface area contributed by atoms with Crippen molar-refractivity contribution in [3.63, 3.8) is 0 Å². The molecule has 0 spiro atoms. The summed E-state index contributed by atoms with van der Waals surface area (Å²) in [6.07, 6.45) is 2.48. The van der Waals surface area contributed by atoms with E-state index in [0.29, 0.717) is 6.79 Å². The highest BCUT2D eigenvalue weighted by molar-refractivity contribution is 4.67. The van der Waals surface area contributed by atoms with Crippen molar-refractivity contribution < 1.29 is 9.47 Å². The molecule has 0 radical (unpaired) electrons. The summed E-state index contributed by atoms with van der Waals surface area (Å²) in [6, 6.07) is 0. The van der Waals surface area contributed by atoms with Crippen molar-refractivity contribution in [2.45, 2.75) is 19.8 Å². The van der Waals surface area contributed by atoms with Gasteiger partial charge in [-0.3, -0.25) is 0 Å². The van der Waals surface area contributed by atoms with Gasteiger partial charge >= 0.3 is 0 Å². The second-order valence-corrected chi connectivity index (χ2v) is 3.17. The number of ether oxygens (including phenoxy) is 2. The summed E-state index contributed by atoms with van der Waals surface area (Å²) in [5, 5.41) is 3.33. The highest BCUT2D eigenvalue weighted by Crippen LogP contribution is 2.11. The second-order valence-electron chi connectivity index (χ2n) is 3.17. The molecule has 1 heterocycles. The zero-order valence-electron chi connectivity index (χ0n) is 7.84.